The minimum atomic E-state index is -4.80. The number of nitrogens with two attached hydrogens (primary N) is 1. The Kier molecular flexibility index (Phi) is 50.4. The molecule has 0 amide bonds. The van der Waals surface area contributed by atoms with E-state index in [1.54, 1.807) is 0 Å². The van der Waals surface area contributed by atoms with Gasteiger partial charge in [-0.1, -0.05) is 13.8 Å². The van der Waals surface area contributed by atoms with Crippen molar-refractivity contribution in [1.29, 1.82) is 0 Å². The van der Waals surface area contributed by atoms with Gasteiger partial charge in [0.2, 0.25) is 5.82 Å². The zero-order valence-corrected chi connectivity index (χ0v) is 68.2. The molecule has 104 heavy (non-hydrogen) atoms. The molecule has 1 unspecified atom stereocenters. The molecule has 0 aromatic heterocycles. The molecule has 0 heterocycles. The molecular weight excluding hydrogens is 1870 g/mol. The van der Waals surface area contributed by atoms with Crippen LogP contribution in [0.2, 0.25) is 0 Å². The number of ether oxygens (including phenoxy) is 4. The van der Waals surface area contributed by atoms with Crippen LogP contribution < -0.4 is 168 Å². The summed E-state index contributed by atoms with van der Waals surface area (Å²) in [7, 11) is -7.75. The normalized spacial score (nSPS) is 11.5. The van der Waals surface area contributed by atoms with E-state index in [-0.39, 0.29) is 175 Å². The maximum Gasteiger partial charge on any atom is 1.00 e. The van der Waals surface area contributed by atoms with Crippen LogP contribution in [0.5, 0.6) is 23.0 Å². The van der Waals surface area contributed by atoms with Crippen LogP contribution in [0.4, 0.5) is 121 Å². The van der Waals surface area contributed by atoms with Gasteiger partial charge >= 0.3 is 191 Å². The number of hydrogen-bond acceptors (Lipinski definition) is 26. The predicted octanol–water partition coefficient (Wildman–Crippen LogP) is 4.81. The maximum atomic E-state index is 13.6. The van der Waals surface area contributed by atoms with Crippen LogP contribution in [-0.2, 0) is 53.5 Å². The SMILES string of the molecule is CCS(=O)(=O)c1cc(N)c(OCC(F)(F)F)cc1F.CCS(=O)(=O)c1cc([N+](=O)[O-])c(OCC(F)(F)F)cc1F.O=CO[O-].O=S([O-])OCl.O=[N+]([O-])c1cc(S(=O)(=O)Cl)c(F)cc1OCC(F)(F)F.O=[N+]([O-])c1ccc(F)cc1F.O=[N+]([O-])c1ccc(F)cc1OCC(F)(F)F.OCC(F)(F)F.[Cs+].[Cs+].[H-]. The predicted molar refractivity (Wildman–Crippen MR) is 295 cm³/mol. The molecule has 580 valence electrons. The van der Waals surface area contributed by atoms with E-state index in [9.17, 15) is 158 Å². The van der Waals surface area contributed by atoms with Crippen molar-refractivity contribution in [2.45, 2.75) is 59.4 Å². The number of carbonyl (C=O) groups excluding carboxylic acids is 1. The molecule has 0 aliphatic rings. The van der Waals surface area contributed by atoms with Gasteiger partial charge in [-0.3, -0.25) is 45.3 Å². The fourth-order valence-electron chi connectivity index (χ4n) is 5.24. The molecule has 0 aliphatic heterocycles. The molecule has 1 atom stereocenters. The number of aliphatic hydroxyl groups is 1. The molecular formula is C45H37Cl2Cs2F21N5O25S4-. The van der Waals surface area contributed by atoms with Crippen LogP contribution in [-0.4, -0.2) is 141 Å². The van der Waals surface area contributed by atoms with E-state index in [0.29, 0.717) is 24.3 Å². The van der Waals surface area contributed by atoms with Gasteiger partial charge in [0, 0.05) is 65.3 Å². The van der Waals surface area contributed by atoms with E-state index >= 15 is 0 Å². The Morgan fingerprint density at radius 1 is 0.500 bits per heavy atom. The number of anilines is 1. The number of alkyl halides is 15. The summed E-state index contributed by atoms with van der Waals surface area (Å²) in [4.78, 5) is 45.9. The number of nitro benzene ring substituents is 4. The van der Waals surface area contributed by atoms with Gasteiger partial charge in [-0.2, -0.15) is 74.0 Å². The van der Waals surface area contributed by atoms with Gasteiger partial charge in [0.05, 0.1) is 48.8 Å². The van der Waals surface area contributed by atoms with Crippen LogP contribution >= 0.6 is 22.5 Å². The van der Waals surface area contributed by atoms with E-state index in [2.05, 4.69) is 39.4 Å². The molecule has 5 aromatic rings. The maximum absolute atomic E-state index is 13.6. The summed E-state index contributed by atoms with van der Waals surface area (Å²) in [6, 6.07) is 6.34. The molecule has 0 bridgehead atoms. The zero-order valence-electron chi connectivity index (χ0n) is 51.9. The third-order valence-electron chi connectivity index (χ3n) is 9.24. The van der Waals surface area contributed by atoms with Crippen molar-refractivity contribution in [3.05, 3.63) is 148 Å². The summed E-state index contributed by atoms with van der Waals surface area (Å²) in [5, 5.41) is 57.4. The Morgan fingerprint density at radius 3 is 1.04 bits per heavy atom. The summed E-state index contributed by atoms with van der Waals surface area (Å²) in [6.07, 6.45) is -23.2. The van der Waals surface area contributed by atoms with E-state index in [4.69, 9.17) is 40.3 Å². The minimum Gasteiger partial charge on any atom is -1.00 e. The standard InChI is InChI=1S/C10H9F4NO5S.C10H11F4NO3S.C8H4ClF4NO5S.C8H5F4NO3.C6H3F2NO2.C2H3F3O.CH2O3.ClHO3S.2Cs.H/c1-2-21(18,19)9-4-7(15(16)17)8(3-6(9)11)20-5-10(12,13)14;1-2-19(16,17)9-4-7(15)8(3-6(9)11)18-5-10(12,13)14;9-20(17,18)7-2-5(14(15)16)6(1-4(7)10)19-3-8(11,12)13;9-5-1-2-6(13(14)15)7(3-5)16-4-8(10,11)12;7-4-1-2-6(9(10)11)5(8)3-4;3-2(4,5)1-6;2-1-4-3;1-4-5(2)3;;;/h3-4H,2,5H2,1H3;3-4H,2,5,15H2,1H3;1-2H,3H2;1-3H,4H2;1-3H;6H,1H2;1,3H;(H,2,3);;;/q;;;;;;;;2*+1;-1/p-2. The second-order valence-electron chi connectivity index (χ2n) is 16.7. The second-order valence-corrected chi connectivity index (χ2v) is 24.6. The molecule has 5 rings (SSSR count). The molecule has 0 saturated carbocycles. The number of aliphatic hydroxyl groups excluding tert-OH is 1. The van der Waals surface area contributed by atoms with E-state index < -0.39 is 225 Å². The summed E-state index contributed by atoms with van der Waals surface area (Å²) in [6.45, 7) is -6.54. The number of halogens is 23. The van der Waals surface area contributed by atoms with Gasteiger partial charge < -0.3 is 45.9 Å². The van der Waals surface area contributed by atoms with E-state index in [1.165, 1.54) is 13.8 Å². The summed E-state index contributed by atoms with van der Waals surface area (Å²) >= 11 is 1.67. The van der Waals surface area contributed by atoms with E-state index in [1.807, 2.05) is 0 Å². The van der Waals surface area contributed by atoms with Crippen LogP contribution in [0.25, 0.3) is 0 Å². The molecule has 0 spiro atoms. The molecule has 30 nitrogen and oxygen atoms in total. The first-order valence-corrected chi connectivity index (χ1v) is 31.1. The molecule has 0 fully saturated rings. The van der Waals surface area contributed by atoms with Crippen molar-refractivity contribution in [3.63, 3.8) is 0 Å². The first-order valence-electron chi connectivity index (χ1n) is 24.2. The zero-order chi connectivity index (χ0) is 80.7. The number of carbonyl (C=O) groups is 1. The number of hydrogen-bond donors (Lipinski definition) is 2. The Balaban J connectivity index is -0.000000278. The Morgan fingerprint density at radius 2 is 0.769 bits per heavy atom. The van der Waals surface area contributed by atoms with Crippen LogP contribution in [0.15, 0.2) is 87.5 Å². The quantitative estimate of drug-likeness (QED) is 0.0164. The molecule has 0 radical (unpaired) electrons. The monoisotopic (exact) mass is 1910 g/mol. The van der Waals surface area contributed by atoms with Crippen LogP contribution in [0, 0.1) is 75.4 Å². The third-order valence-corrected chi connectivity index (χ3v) is 14.5. The van der Waals surface area contributed by atoms with Gasteiger partial charge in [-0.15, -0.1) is 0 Å². The summed E-state index contributed by atoms with van der Waals surface area (Å²) in [5.74, 6) is -11.3. The number of benzene rings is 5. The van der Waals surface area contributed by atoms with Crippen molar-refractivity contribution in [1.82, 2.24) is 0 Å². The van der Waals surface area contributed by atoms with Crippen molar-refractivity contribution >= 4 is 97.5 Å². The molecule has 0 aliphatic carbocycles. The van der Waals surface area contributed by atoms with Crippen molar-refractivity contribution in [2.75, 3.05) is 50.3 Å². The van der Waals surface area contributed by atoms with Crippen LogP contribution in [0.3, 0.4) is 0 Å². The fraction of sp³-hybridized carbons (Fsp3) is 0.311. The largest absolute Gasteiger partial charge is 1.00 e. The van der Waals surface area contributed by atoms with Crippen molar-refractivity contribution in [3.8, 4) is 23.0 Å². The first kappa shape index (κ1) is 108. The molecule has 5 aromatic carbocycles. The average Bonchev–Trinajstić information content (AvgIpc) is 0.812. The summed E-state index contributed by atoms with van der Waals surface area (Å²) < 4.78 is 358. The third kappa shape index (κ3) is 46.4. The van der Waals surface area contributed by atoms with Crippen molar-refractivity contribution in [2.24, 2.45) is 0 Å². The molecule has 0 saturated heterocycles. The second kappa shape index (κ2) is 48.6. The van der Waals surface area contributed by atoms with Gasteiger partial charge in [0.15, 0.2) is 63.4 Å². The number of sulfone groups is 2. The summed E-state index contributed by atoms with van der Waals surface area (Å²) in [5.41, 5.74) is 1.32. The average molecular weight is 1910 g/mol. The Labute approximate surface area is 697 Å². The molecule has 59 heteroatoms. The number of rotatable bonds is 19. The van der Waals surface area contributed by atoms with E-state index in [0.717, 1.165) is 30.3 Å². The first-order chi connectivity index (χ1) is 46.1. The minimum absolute atomic E-state index is 0. The number of nitro groups is 4. The Hall–Kier alpha value is -4.78. The van der Waals surface area contributed by atoms with Gasteiger partial charge in [-0.05, 0) is 18.2 Å². The van der Waals surface area contributed by atoms with Gasteiger partial charge in [0.25, 0.3) is 15.5 Å². The topological polar surface area (TPSA) is 457 Å². The Bertz CT molecular complexity index is 4040. The molecule has 3 N–H and O–H groups in total. The van der Waals surface area contributed by atoms with Gasteiger partial charge in [-0.25, -0.2) is 51.4 Å². The van der Waals surface area contributed by atoms with Gasteiger partial charge in [0.1, 0.15) is 67.5 Å². The van der Waals surface area contributed by atoms with Crippen LogP contribution in [0.1, 0.15) is 15.3 Å². The number of nitrogens with zero attached hydrogens (tertiary/aromatic N) is 4. The fourth-order valence-corrected chi connectivity index (χ4v) is 8.07. The smallest absolute Gasteiger partial charge is 1.00 e. The van der Waals surface area contributed by atoms with Crippen molar-refractivity contribution < 1.29 is 328 Å². The number of nitrogen functional groups attached to an aromatic ring is 1.